The van der Waals surface area contributed by atoms with Crippen molar-refractivity contribution >= 4 is 5.91 Å². The van der Waals surface area contributed by atoms with Crippen molar-refractivity contribution in [1.82, 2.24) is 10.2 Å². The molecule has 0 aliphatic carbocycles. The molecule has 0 unspecified atom stereocenters. The Balaban J connectivity index is 1.50. The predicted octanol–water partition coefficient (Wildman–Crippen LogP) is 3.69. The first-order valence-electron chi connectivity index (χ1n) is 8.13. The molecule has 25 heavy (non-hydrogen) atoms. The van der Waals surface area contributed by atoms with Crippen molar-refractivity contribution in [2.75, 3.05) is 13.1 Å². The van der Waals surface area contributed by atoms with E-state index in [1.807, 2.05) is 0 Å². The van der Waals surface area contributed by atoms with Gasteiger partial charge in [0.25, 0.3) is 5.91 Å². The number of likely N-dealkylation sites (tertiary alicyclic amines) is 1. The molecular weight excluding hydrogens is 333 g/mol. The average molecular weight is 352 g/mol. The van der Waals surface area contributed by atoms with Crippen LogP contribution in [0.2, 0.25) is 0 Å². The smallest absolute Gasteiger partial charge is 0.416 e. The van der Waals surface area contributed by atoms with Gasteiger partial charge in [-0.25, -0.2) is 0 Å². The van der Waals surface area contributed by atoms with Crippen LogP contribution in [0.15, 0.2) is 47.3 Å². The molecule has 7 heteroatoms. The molecular formula is C18H19F3N2O2. The number of rotatable bonds is 4. The maximum atomic E-state index is 12.8. The normalized spacial score (nSPS) is 16.8. The van der Waals surface area contributed by atoms with Gasteiger partial charge in [0, 0.05) is 25.7 Å². The molecule has 0 saturated carbocycles. The molecule has 1 N–H and O–H groups in total. The van der Waals surface area contributed by atoms with E-state index in [1.54, 1.807) is 12.1 Å². The molecule has 0 atom stereocenters. The summed E-state index contributed by atoms with van der Waals surface area (Å²) in [6, 6.07) is 7.12. The Morgan fingerprint density at radius 2 is 2.00 bits per heavy atom. The highest BCUT2D eigenvalue weighted by Crippen LogP contribution is 2.30. The Labute approximate surface area is 143 Å². The van der Waals surface area contributed by atoms with Crippen LogP contribution >= 0.6 is 0 Å². The molecule has 4 nitrogen and oxygen atoms in total. The van der Waals surface area contributed by atoms with Crippen molar-refractivity contribution in [3.8, 4) is 0 Å². The number of nitrogens with zero attached hydrogens (tertiary/aromatic N) is 1. The number of alkyl halides is 3. The molecule has 2 aromatic rings. The molecule has 1 aromatic heterocycles. The maximum Gasteiger partial charge on any atom is 0.416 e. The standard InChI is InChI=1S/C18H19F3N2O2/c19-18(20,21)15-3-1-2-13(10-15)11-23-7-4-16(5-8-23)22-17(24)14-6-9-25-12-14/h1-3,6,9-10,12,16H,4-5,7-8,11H2,(H,22,24). The third kappa shape index (κ3) is 4.63. The van der Waals surface area contributed by atoms with E-state index < -0.39 is 11.7 Å². The Bertz CT molecular complexity index is 705. The molecule has 134 valence electrons. The molecule has 0 radical (unpaired) electrons. The molecule has 1 fully saturated rings. The number of halogens is 3. The van der Waals surface area contributed by atoms with Gasteiger partial charge in [0.15, 0.2) is 0 Å². The number of carbonyl (C=O) groups is 1. The minimum Gasteiger partial charge on any atom is -0.472 e. The van der Waals surface area contributed by atoms with E-state index >= 15 is 0 Å². The lowest BCUT2D eigenvalue weighted by Crippen LogP contribution is -2.44. The summed E-state index contributed by atoms with van der Waals surface area (Å²) in [6.45, 7) is 1.94. The highest BCUT2D eigenvalue weighted by atomic mass is 19.4. The first kappa shape index (κ1) is 17.5. The van der Waals surface area contributed by atoms with E-state index in [9.17, 15) is 18.0 Å². The second-order valence-corrected chi connectivity index (χ2v) is 6.23. The van der Waals surface area contributed by atoms with E-state index in [0.717, 1.165) is 32.0 Å². The third-order valence-electron chi connectivity index (χ3n) is 4.37. The number of benzene rings is 1. The SMILES string of the molecule is O=C(NC1CCN(Cc2cccc(C(F)(F)F)c2)CC1)c1ccoc1. The van der Waals surface area contributed by atoms with Crippen LogP contribution in [0.5, 0.6) is 0 Å². The summed E-state index contributed by atoms with van der Waals surface area (Å²) < 4.78 is 43.2. The molecule has 1 aromatic carbocycles. The minimum atomic E-state index is -4.32. The molecule has 1 saturated heterocycles. The average Bonchev–Trinajstić information content (AvgIpc) is 3.11. The monoisotopic (exact) mass is 352 g/mol. The van der Waals surface area contributed by atoms with Gasteiger partial charge in [0.05, 0.1) is 17.4 Å². The summed E-state index contributed by atoms with van der Waals surface area (Å²) in [5.74, 6) is -0.162. The van der Waals surface area contributed by atoms with E-state index in [2.05, 4.69) is 10.2 Å². The quantitative estimate of drug-likeness (QED) is 0.913. The van der Waals surface area contributed by atoms with Crippen molar-refractivity contribution in [3.05, 3.63) is 59.5 Å². The summed E-state index contributed by atoms with van der Waals surface area (Å²) in [5.41, 5.74) is 0.523. The van der Waals surface area contributed by atoms with Crippen molar-refractivity contribution in [3.63, 3.8) is 0 Å². The van der Waals surface area contributed by atoms with Crippen molar-refractivity contribution in [2.24, 2.45) is 0 Å². The number of carbonyl (C=O) groups excluding carboxylic acids is 1. The maximum absolute atomic E-state index is 12.8. The van der Waals surface area contributed by atoms with Gasteiger partial charge in [0.2, 0.25) is 0 Å². The van der Waals surface area contributed by atoms with Crippen molar-refractivity contribution in [2.45, 2.75) is 31.6 Å². The number of hydrogen-bond donors (Lipinski definition) is 1. The molecule has 0 bridgehead atoms. The van der Waals surface area contributed by atoms with Crippen LogP contribution in [0.1, 0.15) is 34.3 Å². The van der Waals surface area contributed by atoms with Gasteiger partial charge in [-0.15, -0.1) is 0 Å². The third-order valence-corrected chi connectivity index (χ3v) is 4.37. The highest BCUT2D eigenvalue weighted by molar-refractivity contribution is 5.93. The van der Waals surface area contributed by atoms with Crippen LogP contribution in [0.4, 0.5) is 13.2 Å². The van der Waals surface area contributed by atoms with Crippen LogP contribution in [-0.4, -0.2) is 29.9 Å². The van der Waals surface area contributed by atoms with Gasteiger partial charge in [-0.2, -0.15) is 13.2 Å². The fraction of sp³-hybridized carbons (Fsp3) is 0.389. The topological polar surface area (TPSA) is 45.5 Å². The first-order chi connectivity index (χ1) is 11.9. The largest absolute Gasteiger partial charge is 0.472 e. The summed E-state index contributed by atoms with van der Waals surface area (Å²) in [6.07, 6.45) is 0.0656. The zero-order valence-electron chi connectivity index (χ0n) is 13.6. The summed E-state index contributed by atoms with van der Waals surface area (Å²) in [5, 5.41) is 2.96. The fourth-order valence-corrected chi connectivity index (χ4v) is 3.00. The second kappa shape index (κ2) is 7.31. The van der Waals surface area contributed by atoms with Crippen molar-refractivity contribution in [1.29, 1.82) is 0 Å². The first-order valence-corrected chi connectivity index (χ1v) is 8.13. The number of nitrogens with one attached hydrogen (secondary N) is 1. The predicted molar refractivity (Wildman–Crippen MR) is 85.9 cm³/mol. The molecule has 2 heterocycles. The van der Waals surface area contributed by atoms with Gasteiger partial charge < -0.3 is 9.73 Å². The lowest BCUT2D eigenvalue weighted by molar-refractivity contribution is -0.137. The molecule has 1 amide bonds. The lowest BCUT2D eigenvalue weighted by Gasteiger charge is -2.32. The number of piperidine rings is 1. The number of hydrogen-bond acceptors (Lipinski definition) is 3. The van der Waals surface area contributed by atoms with Crippen molar-refractivity contribution < 1.29 is 22.4 Å². The van der Waals surface area contributed by atoms with E-state index in [-0.39, 0.29) is 11.9 Å². The Morgan fingerprint density at radius 3 is 2.64 bits per heavy atom. The van der Waals surface area contributed by atoms with E-state index in [4.69, 9.17) is 4.42 Å². The zero-order valence-corrected chi connectivity index (χ0v) is 13.6. The lowest BCUT2D eigenvalue weighted by atomic mass is 10.0. The highest BCUT2D eigenvalue weighted by Gasteiger charge is 2.30. The minimum absolute atomic E-state index is 0.0696. The van der Waals surface area contributed by atoms with Crippen LogP contribution in [0.25, 0.3) is 0 Å². The van der Waals surface area contributed by atoms with Crippen LogP contribution in [0.3, 0.4) is 0 Å². The molecule has 0 spiro atoms. The molecule has 1 aliphatic rings. The summed E-state index contributed by atoms with van der Waals surface area (Å²) in [4.78, 5) is 14.1. The summed E-state index contributed by atoms with van der Waals surface area (Å²) in [7, 11) is 0. The van der Waals surface area contributed by atoms with Crippen LogP contribution < -0.4 is 5.32 Å². The Morgan fingerprint density at radius 1 is 1.24 bits per heavy atom. The van der Waals surface area contributed by atoms with Gasteiger partial charge in [0.1, 0.15) is 6.26 Å². The number of furan rings is 1. The Kier molecular flexibility index (Phi) is 5.13. The number of amides is 1. The van der Waals surface area contributed by atoms with Gasteiger partial charge in [-0.3, -0.25) is 9.69 Å². The molecule has 1 aliphatic heterocycles. The van der Waals surface area contributed by atoms with E-state index in [0.29, 0.717) is 17.7 Å². The van der Waals surface area contributed by atoms with Gasteiger partial charge in [-0.05, 0) is 30.5 Å². The van der Waals surface area contributed by atoms with Crippen LogP contribution in [0, 0.1) is 0 Å². The van der Waals surface area contributed by atoms with Gasteiger partial charge in [-0.1, -0.05) is 18.2 Å². The van der Waals surface area contributed by atoms with Crippen LogP contribution in [-0.2, 0) is 12.7 Å². The fourth-order valence-electron chi connectivity index (χ4n) is 3.00. The second-order valence-electron chi connectivity index (χ2n) is 6.23. The molecule has 3 rings (SSSR count). The van der Waals surface area contributed by atoms with E-state index in [1.165, 1.54) is 24.7 Å². The Hall–Kier alpha value is -2.28. The summed E-state index contributed by atoms with van der Waals surface area (Å²) >= 11 is 0. The zero-order chi connectivity index (χ0) is 17.9. The van der Waals surface area contributed by atoms with Gasteiger partial charge >= 0.3 is 6.18 Å².